The van der Waals surface area contributed by atoms with Gasteiger partial charge in [-0.1, -0.05) is 26.0 Å². The molecule has 24 heavy (non-hydrogen) atoms. The lowest BCUT2D eigenvalue weighted by Crippen LogP contribution is -2.36. The Bertz CT molecular complexity index is 694. The predicted molar refractivity (Wildman–Crippen MR) is 80.8 cm³/mol. The molecule has 1 aromatic heterocycles. The third-order valence-electron chi connectivity index (χ3n) is 3.54. The molecule has 1 amide bonds. The first-order valence-electron chi connectivity index (χ1n) is 7.58. The Labute approximate surface area is 137 Å². The molecular formula is C15H18F3N5O. The van der Waals surface area contributed by atoms with E-state index < -0.39 is 11.7 Å². The molecule has 0 aliphatic heterocycles. The van der Waals surface area contributed by atoms with Crippen LogP contribution in [0.1, 0.15) is 32.3 Å². The summed E-state index contributed by atoms with van der Waals surface area (Å²) >= 11 is 0. The number of amides is 1. The number of nitrogens with zero attached hydrogens (tertiary/aromatic N) is 4. The number of alkyl halides is 3. The van der Waals surface area contributed by atoms with Crippen LogP contribution in [0, 0.1) is 0 Å². The van der Waals surface area contributed by atoms with Crippen LogP contribution >= 0.6 is 0 Å². The van der Waals surface area contributed by atoms with Crippen LogP contribution in [0.15, 0.2) is 24.3 Å². The van der Waals surface area contributed by atoms with E-state index in [1.54, 1.807) is 0 Å². The van der Waals surface area contributed by atoms with Gasteiger partial charge >= 0.3 is 6.18 Å². The summed E-state index contributed by atoms with van der Waals surface area (Å²) in [7, 11) is 0. The van der Waals surface area contributed by atoms with Gasteiger partial charge in [0.2, 0.25) is 11.7 Å². The van der Waals surface area contributed by atoms with Crippen molar-refractivity contribution < 1.29 is 18.0 Å². The normalized spacial score (nSPS) is 11.8. The van der Waals surface area contributed by atoms with Gasteiger partial charge in [-0.05, 0) is 30.2 Å². The smallest absolute Gasteiger partial charge is 0.352 e. The van der Waals surface area contributed by atoms with Crippen molar-refractivity contribution >= 4 is 5.91 Å². The monoisotopic (exact) mass is 341 g/mol. The van der Waals surface area contributed by atoms with Crippen LogP contribution in [-0.2, 0) is 17.5 Å². The fourth-order valence-corrected chi connectivity index (χ4v) is 2.15. The minimum absolute atomic E-state index is 0.0384. The average Bonchev–Trinajstić information content (AvgIpc) is 3.00. The van der Waals surface area contributed by atoms with E-state index in [0.717, 1.165) is 29.8 Å². The van der Waals surface area contributed by atoms with E-state index in [9.17, 15) is 18.0 Å². The minimum atomic E-state index is -4.44. The van der Waals surface area contributed by atoms with E-state index in [1.807, 2.05) is 13.8 Å². The van der Waals surface area contributed by atoms with Gasteiger partial charge in [-0.3, -0.25) is 4.79 Å². The second-order valence-corrected chi connectivity index (χ2v) is 5.30. The van der Waals surface area contributed by atoms with Gasteiger partial charge in [-0.2, -0.15) is 18.0 Å². The second-order valence-electron chi connectivity index (χ2n) is 5.30. The SMILES string of the molecule is CCC(CC)NC(=O)Cn1nnc(-c2cccc(C(F)(F)F)c2)n1. The molecule has 0 unspecified atom stereocenters. The molecule has 0 atom stereocenters. The summed E-state index contributed by atoms with van der Waals surface area (Å²) in [6, 6.07) is 4.73. The Balaban J connectivity index is 2.10. The molecule has 6 nitrogen and oxygen atoms in total. The number of hydrogen-bond acceptors (Lipinski definition) is 4. The largest absolute Gasteiger partial charge is 0.416 e. The average molecular weight is 341 g/mol. The standard InChI is InChI=1S/C15H18F3N5O/c1-3-12(4-2)19-13(24)9-23-21-14(20-22-23)10-6-5-7-11(8-10)15(16,17)18/h5-8,12H,3-4,9H2,1-2H3,(H,19,24). The van der Waals surface area contributed by atoms with E-state index in [2.05, 4.69) is 20.7 Å². The molecule has 2 aromatic rings. The van der Waals surface area contributed by atoms with Crippen LogP contribution < -0.4 is 5.32 Å². The Morgan fingerprint density at radius 3 is 2.62 bits per heavy atom. The summed E-state index contributed by atoms with van der Waals surface area (Å²) in [6.45, 7) is 3.80. The number of nitrogens with one attached hydrogen (secondary N) is 1. The van der Waals surface area contributed by atoms with E-state index in [-0.39, 0.29) is 29.9 Å². The summed E-state index contributed by atoms with van der Waals surface area (Å²) in [5.41, 5.74) is -0.598. The lowest BCUT2D eigenvalue weighted by atomic mass is 10.1. The number of benzene rings is 1. The van der Waals surface area contributed by atoms with Crippen molar-refractivity contribution in [3.63, 3.8) is 0 Å². The lowest BCUT2D eigenvalue weighted by Gasteiger charge is -2.13. The molecule has 130 valence electrons. The van der Waals surface area contributed by atoms with Crippen LogP contribution in [0.3, 0.4) is 0 Å². The van der Waals surface area contributed by atoms with Crippen LogP contribution in [-0.4, -0.2) is 32.2 Å². The van der Waals surface area contributed by atoms with Crippen molar-refractivity contribution in [2.75, 3.05) is 0 Å². The summed E-state index contributed by atoms with van der Waals surface area (Å²) < 4.78 is 38.2. The van der Waals surface area contributed by atoms with E-state index >= 15 is 0 Å². The van der Waals surface area contributed by atoms with Crippen LogP contribution in [0.4, 0.5) is 13.2 Å². The number of rotatable bonds is 6. The topological polar surface area (TPSA) is 72.7 Å². The molecule has 0 fully saturated rings. The second kappa shape index (κ2) is 7.41. The minimum Gasteiger partial charge on any atom is -0.352 e. The maximum atomic E-state index is 12.7. The number of carbonyl (C=O) groups excluding carboxylic acids is 1. The number of carbonyl (C=O) groups is 1. The molecule has 0 aliphatic rings. The van der Waals surface area contributed by atoms with E-state index in [1.165, 1.54) is 12.1 Å². The summed E-state index contributed by atoms with van der Waals surface area (Å²) in [6.07, 6.45) is -2.83. The summed E-state index contributed by atoms with van der Waals surface area (Å²) in [5, 5.41) is 14.2. The maximum absolute atomic E-state index is 12.7. The van der Waals surface area contributed by atoms with Gasteiger partial charge in [0.15, 0.2) is 0 Å². The Hall–Kier alpha value is -2.45. The van der Waals surface area contributed by atoms with E-state index in [0.29, 0.717) is 0 Å². The molecule has 1 aromatic carbocycles. The highest BCUT2D eigenvalue weighted by molar-refractivity contribution is 5.75. The first-order chi connectivity index (χ1) is 11.3. The maximum Gasteiger partial charge on any atom is 0.416 e. The summed E-state index contributed by atoms with van der Waals surface area (Å²) in [5.74, 6) is -0.229. The van der Waals surface area contributed by atoms with Crippen LogP contribution in [0.2, 0.25) is 0 Å². The van der Waals surface area contributed by atoms with E-state index in [4.69, 9.17) is 0 Å². The van der Waals surface area contributed by atoms with Gasteiger partial charge in [0.05, 0.1) is 5.56 Å². The van der Waals surface area contributed by atoms with Gasteiger partial charge in [0, 0.05) is 11.6 Å². The molecule has 0 radical (unpaired) electrons. The number of halogens is 3. The number of aromatic nitrogens is 4. The van der Waals surface area contributed by atoms with Gasteiger partial charge in [-0.15, -0.1) is 10.2 Å². The molecule has 1 heterocycles. The number of tetrazole rings is 1. The molecular weight excluding hydrogens is 323 g/mol. The quantitative estimate of drug-likeness (QED) is 0.877. The van der Waals surface area contributed by atoms with Crippen molar-refractivity contribution in [1.82, 2.24) is 25.5 Å². The molecule has 0 bridgehead atoms. The zero-order chi connectivity index (χ0) is 17.7. The van der Waals surface area contributed by atoms with Crippen LogP contribution in [0.5, 0.6) is 0 Å². The predicted octanol–water partition coefficient (Wildman–Crippen LogP) is 2.66. The first kappa shape index (κ1) is 17.9. The Morgan fingerprint density at radius 2 is 2.00 bits per heavy atom. The molecule has 0 saturated carbocycles. The third kappa shape index (κ3) is 4.53. The molecule has 0 aliphatic carbocycles. The van der Waals surface area contributed by atoms with Crippen molar-refractivity contribution in [3.8, 4) is 11.4 Å². The van der Waals surface area contributed by atoms with Crippen molar-refractivity contribution in [2.45, 2.75) is 45.5 Å². The third-order valence-corrected chi connectivity index (χ3v) is 3.54. The Morgan fingerprint density at radius 1 is 1.29 bits per heavy atom. The van der Waals surface area contributed by atoms with Crippen molar-refractivity contribution in [2.24, 2.45) is 0 Å². The Kier molecular flexibility index (Phi) is 5.53. The van der Waals surface area contributed by atoms with Gasteiger partial charge in [-0.25, -0.2) is 0 Å². The highest BCUT2D eigenvalue weighted by Crippen LogP contribution is 2.31. The first-order valence-corrected chi connectivity index (χ1v) is 7.58. The van der Waals surface area contributed by atoms with Crippen LogP contribution in [0.25, 0.3) is 11.4 Å². The van der Waals surface area contributed by atoms with Crippen molar-refractivity contribution in [1.29, 1.82) is 0 Å². The molecule has 0 spiro atoms. The lowest BCUT2D eigenvalue weighted by molar-refractivity contribution is -0.137. The van der Waals surface area contributed by atoms with Gasteiger partial charge < -0.3 is 5.32 Å². The highest BCUT2D eigenvalue weighted by atomic mass is 19.4. The fraction of sp³-hybridized carbons (Fsp3) is 0.467. The number of hydrogen-bond donors (Lipinski definition) is 1. The molecule has 2 rings (SSSR count). The molecule has 9 heteroatoms. The zero-order valence-corrected chi connectivity index (χ0v) is 13.3. The highest BCUT2D eigenvalue weighted by Gasteiger charge is 2.30. The van der Waals surface area contributed by atoms with Crippen molar-refractivity contribution in [3.05, 3.63) is 29.8 Å². The zero-order valence-electron chi connectivity index (χ0n) is 13.3. The fourth-order valence-electron chi connectivity index (χ4n) is 2.15. The molecule has 1 N–H and O–H groups in total. The summed E-state index contributed by atoms with van der Waals surface area (Å²) in [4.78, 5) is 12.9. The molecule has 0 saturated heterocycles. The van der Waals surface area contributed by atoms with Gasteiger partial charge in [0.1, 0.15) is 6.54 Å². The van der Waals surface area contributed by atoms with Gasteiger partial charge in [0.25, 0.3) is 0 Å².